The summed E-state index contributed by atoms with van der Waals surface area (Å²) >= 11 is 0. The van der Waals surface area contributed by atoms with Gasteiger partial charge in [-0.1, -0.05) is 19.1 Å². The highest BCUT2D eigenvalue weighted by atomic mass is 32.2. The molecule has 0 fully saturated rings. The number of anilines is 1. The second-order valence-electron chi connectivity index (χ2n) is 3.99. The molecule has 8 heteroatoms. The van der Waals surface area contributed by atoms with Crippen LogP contribution in [0, 0.1) is 0 Å². The lowest BCUT2D eigenvalue weighted by Crippen LogP contribution is -2.29. The third-order valence-electron chi connectivity index (χ3n) is 2.56. The number of para-hydroxylation sites is 1. The Hall–Kier alpha value is -1.28. The Kier molecular flexibility index (Phi) is 4.81. The van der Waals surface area contributed by atoms with E-state index in [1.165, 1.54) is 18.2 Å². The minimum Gasteiger partial charge on any atom is -0.382 e. The lowest BCUT2D eigenvalue weighted by Gasteiger charge is -2.16. The molecule has 1 aromatic rings. The molecule has 1 rings (SSSR count). The number of hydrogen-bond acceptors (Lipinski definition) is 4. The first kappa shape index (κ1) is 15.8. The summed E-state index contributed by atoms with van der Waals surface area (Å²) in [6, 6.07) is 4.63. The molecule has 0 aliphatic rings. The first-order valence-electron chi connectivity index (χ1n) is 5.60. The van der Waals surface area contributed by atoms with Crippen molar-refractivity contribution < 1.29 is 21.6 Å². The topological polar surface area (TPSA) is 72.2 Å². The van der Waals surface area contributed by atoms with E-state index in [4.69, 9.17) is 5.73 Å². The van der Waals surface area contributed by atoms with Crippen molar-refractivity contribution in [2.45, 2.75) is 29.8 Å². The molecule has 1 unspecified atom stereocenters. The molecule has 108 valence electrons. The van der Waals surface area contributed by atoms with Crippen LogP contribution in [0.25, 0.3) is 0 Å². The molecule has 0 aliphatic heterocycles. The fourth-order valence-electron chi connectivity index (χ4n) is 1.36. The Bertz CT molecular complexity index is 529. The quantitative estimate of drug-likeness (QED) is 0.873. The van der Waals surface area contributed by atoms with Crippen molar-refractivity contribution in [1.29, 1.82) is 0 Å². The molecule has 0 bridgehead atoms. The van der Waals surface area contributed by atoms with Gasteiger partial charge in [0, 0.05) is 12.6 Å². The molecular formula is C11H15F3N2O2S. The Morgan fingerprint density at radius 1 is 1.32 bits per heavy atom. The number of nitrogens with one attached hydrogen (secondary N) is 1. The molecule has 0 amide bonds. The Morgan fingerprint density at radius 3 is 2.42 bits per heavy atom. The number of halogens is 3. The van der Waals surface area contributed by atoms with Gasteiger partial charge in [-0.3, -0.25) is 0 Å². The second-order valence-corrected chi connectivity index (χ2v) is 5.90. The molecule has 0 saturated heterocycles. The molecule has 0 spiro atoms. The maximum absolute atomic E-state index is 12.5. The average molecular weight is 296 g/mol. The normalized spacial score (nSPS) is 14.2. The average Bonchev–Trinajstić information content (AvgIpc) is 2.34. The number of alkyl halides is 3. The summed E-state index contributed by atoms with van der Waals surface area (Å²) in [5.41, 5.74) is 0.216. The minimum absolute atomic E-state index is 0.0938. The van der Waals surface area contributed by atoms with E-state index in [2.05, 4.69) is 5.32 Å². The van der Waals surface area contributed by atoms with Crippen LogP contribution in [-0.2, 0) is 9.84 Å². The zero-order valence-corrected chi connectivity index (χ0v) is 11.1. The molecule has 19 heavy (non-hydrogen) atoms. The zero-order chi connectivity index (χ0) is 14.7. The van der Waals surface area contributed by atoms with Gasteiger partial charge in [-0.25, -0.2) is 8.42 Å². The molecule has 1 aromatic carbocycles. The molecule has 0 heterocycles. The third-order valence-corrected chi connectivity index (χ3v) is 4.10. The third kappa shape index (κ3) is 3.60. The van der Waals surface area contributed by atoms with E-state index in [9.17, 15) is 21.6 Å². The van der Waals surface area contributed by atoms with E-state index in [1.807, 2.05) is 6.92 Å². The predicted molar refractivity (Wildman–Crippen MR) is 66.4 cm³/mol. The molecule has 0 radical (unpaired) electrons. The van der Waals surface area contributed by atoms with Gasteiger partial charge in [0.25, 0.3) is 9.84 Å². The Balaban J connectivity index is 3.10. The fourth-order valence-corrected chi connectivity index (χ4v) is 2.29. The smallest absolute Gasteiger partial charge is 0.382 e. The zero-order valence-electron chi connectivity index (χ0n) is 10.2. The highest BCUT2D eigenvalue weighted by Gasteiger charge is 2.47. The largest absolute Gasteiger partial charge is 0.501 e. The molecule has 1 atom stereocenters. The van der Waals surface area contributed by atoms with Crippen molar-refractivity contribution in [3.63, 3.8) is 0 Å². The molecule has 0 aliphatic carbocycles. The van der Waals surface area contributed by atoms with E-state index in [0.717, 1.165) is 6.07 Å². The van der Waals surface area contributed by atoms with Gasteiger partial charge in [0.15, 0.2) is 0 Å². The number of nitrogens with two attached hydrogens (primary N) is 1. The summed E-state index contributed by atoms with van der Waals surface area (Å²) < 4.78 is 60.4. The van der Waals surface area contributed by atoms with E-state index in [0.29, 0.717) is 6.42 Å². The SMILES string of the molecule is CCC(N)CNc1ccccc1S(=O)(=O)C(F)(F)F. The van der Waals surface area contributed by atoms with Crippen molar-refractivity contribution in [2.24, 2.45) is 5.73 Å². The highest BCUT2D eigenvalue weighted by molar-refractivity contribution is 7.92. The lowest BCUT2D eigenvalue weighted by atomic mass is 10.2. The van der Waals surface area contributed by atoms with Crippen LogP contribution in [0.15, 0.2) is 29.2 Å². The number of rotatable bonds is 5. The summed E-state index contributed by atoms with van der Waals surface area (Å²) in [5.74, 6) is 0. The summed E-state index contributed by atoms with van der Waals surface area (Å²) in [5, 5.41) is 2.64. The Labute approximate surface area is 109 Å². The fraction of sp³-hybridized carbons (Fsp3) is 0.455. The molecule has 0 aromatic heterocycles. The van der Waals surface area contributed by atoms with E-state index >= 15 is 0 Å². The summed E-state index contributed by atoms with van der Waals surface area (Å²) in [7, 11) is -5.37. The van der Waals surface area contributed by atoms with Crippen LogP contribution in [0.4, 0.5) is 18.9 Å². The van der Waals surface area contributed by atoms with Crippen molar-refractivity contribution >= 4 is 15.5 Å². The van der Waals surface area contributed by atoms with E-state index in [-0.39, 0.29) is 18.3 Å². The molecule has 3 N–H and O–H groups in total. The van der Waals surface area contributed by atoms with Gasteiger partial charge < -0.3 is 11.1 Å². The van der Waals surface area contributed by atoms with Gasteiger partial charge >= 0.3 is 5.51 Å². The van der Waals surface area contributed by atoms with Crippen molar-refractivity contribution in [1.82, 2.24) is 0 Å². The van der Waals surface area contributed by atoms with Crippen molar-refractivity contribution in [2.75, 3.05) is 11.9 Å². The molecule has 0 saturated carbocycles. The van der Waals surface area contributed by atoms with Gasteiger partial charge in [-0.15, -0.1) is 0 Å². The van der Waals surface area contributed by atoms with Crippen LogP contribution in [0.1, 0.15) is 13.3 Å². The van der Waals surface area contributed by atoms with Gasteiger partial charge in [0.1, 0.15) is 0 Å². The first-order chi connectivity index (χ1) is 8.70. The molecular weight excluding hydrogens is 281 g/mol. The van der Waals surface area contributed by atoms with Crippen LogP contribution in [0.2, 0.25) is 0 Å². The van der Waals surface area contributed by atoms with Crippen LogP contribution in [0.5, 0.6) is 0 Å². The first-order valence-corrected chi connectivity index (χ1v) is 7.08. The van der Waals surface area contributed by atoms with Crippen LogP contribution >= 0.6 is 0 Å². The summed E-state index contributed by atoms with van der Waals surface area (Å²) in [6.07, 6.45) is 0.626. The van der Waals surface area contributed by atoms with Crippen molar-refractivity contribution in [3.05, 3.63) is 24.3 Å². The van der Waals surface area contributed by atoms with E-state index < -0.39 is 20.2 Å². The van der Waals surface area contributed by atoms with Crippen LogP contribution in [0.3, 0.4) is 0 Å². The maximum atomic E-state index is 12.5. The maximum Gasteiger partial charge on any atom is 0.501 e. The van der Waals surface area contributed by atoms with Gasteiger partial charge in [0.05, 0.1) is 10.6 Å². The predicted octanol–water partition coefficient (Wildman–Crippen LogP) is 2.13. The van der Waals surface area contributed by atoms with Gasteiger partial charge in [-0.05, 0) is 18.6 Å². The van der Waals surface area contributed by atoms with Gasteiger partial charge in [0.2, 0.25) is 0 Å². The standard InChI is InChI=1S/C11H15F3N2O2S/c1-2-8(15)7-16-9-5-3-4-6-10(9)19(17,18)11(12,13)14/h3-6,8,16H,2,7,15H2,1H3. The van der Waals surface area contributed by atoms with Crippen molar-refractivity contribution in [3.8, 4) is 0 Å². The summed E-state index contributed by atoms with van der Waals surface area (Å²) in [4.78, 5) is -0.786. The summed E-state index contributed by atoms with van der Waals surface area (Å²) in [6.45, 7) is 2.02. The van der Waals surface area contributed by atoms with Crippen LogP contribution in [-0.4, -0.2) is 26.5 Å². The number of sulfone groups is 1. The van der Waals surface area contributed by atoms with E-state index in [1.54, 1.807) is 0 Å². The highest BCUT2D eigenvalue weighted by Crippen LogP contribution is 2.34. The monoisotopic (exact) mass is 296 g/mol. The second kappa shape index (κ2) is 5.79. The Morgan fingerprint density at radius 2 is 1.89 bits per heavy atom. The molecule has 4 nitrogen and oxygen atoms in total. The number of hydrogen-bond donors (Lipinski definition) is 2. The van der Waals surface area contributed by atoms with Crippen LogP contribution < -0.4 is 11.1 Å². The lowest BCUT2D eigenvalue weighted by molar-refractivity contribution is -0.0435. The minimum atomic E-state index is -5.37. The van der Waals surface area contributed by atoms with Gasteiger partial charge in [-0.2, -0.15) is 13.2 Å². The number of benzene rings is 1.